The quantitative estimate of drug-likeness (QED) is 0.673. The maximum Gasteiger partial charge on any atom is 0.416 e. The highest BCUT2D eigenvalue weighted by Crippen LogP contribution is 2.38. The molecule has 3 aromatic rings. The smallest absolute Gasteiger partial charge is 0.416 e. The van der Waals surface area contributed by atoms with E-state index in [9.17, 15) is 23.1 Å². The molecular formula is C19H15F3O3. The molecule has 0 saturated carbocycles. The Bertz CT molecular complexity index is 959. The van der Waals surface area contributed by atoms with E-state index in [0.717, 1.165) is 23.8 Å². The van der Waals surface area contributed by atoms with Crippen molar-refractivity contribution in [3.05, 3.63) is 75.6 Å². The second-order valence-corrected chi connectivity index (χ2v) is 5.73. The molecule has 3 rings (SSSR count). The molecule has 1 aromatic heterocycles. The van der Waals surface area contributed by atoms with Crippen LogP contribution in [-0.4, -0.2) is 5.11 Å². The van der Waals surface area contributed by atoms with Crippen molar-refractivity contribution >= 4 is 11.0 Å². The lowest BCUT2D eigenvalue weighted by atomic mass is 9.89. The number of rotatable bonds is 3. The van der Waals surface area contributed by atoms with Gasteiger partial charge in [-0.1, -0.05) is 37.3 Å². The lowest BCUT2D eigenvalue weighted by Gasteiger charge is -2.17. The second kappa shape index (κ2) is 6.27. The van der Waals surface area contributed by atoms with Gasteiger partial charge in [0, 0.05) is 5.92 Å². The van der Waals surface area contributed by atoms with Crippen molar-refractivity contribution in [2.45, 2.75) is 25.4 Å². The minimum absolute atomic E-state index is 0.0564. The second-order valence-electron chi connectivity index (χ2n) is 5.73. The molecule has 0 fully saturated rings. The summed E-state index contributed by atoms with van der Waals surface area (Å²) in [7, 11) is 0. The van der Waals surface area contributed by atoms with Gasteiger partial charge in [0.15, 0.2) is 0 Å². The average molecular weight is 348 g/mol. The van der Waals surface area contributed by atoms with E-state index >= 15 is 0 Å². The van der Waals surface area contributed by atoms with Crippen molar-refractivity contribution < 1.29 is 22.7 Å². The number of alkyl halides is 3. The lowest BCUT2D eigenvalue weighted by Crippen LogP contribution is -2.14. The van der Waals surface area contributed by atoms with Crippen LogP contribution in [0.25, 0.3) is 11.0 Å². The standard InChI is InChI=1S/C19H15F3O3/c1-2-13(11-6-4-3-5-7-11)16-17(23)14-9-8-12(19(20,21)22)10-15(14)25-18(16)24/h3-10,13,23H,2H2,1H3. The molecule has 0 spiro atoms. The summed E-state index contributed by atoms with van der Waals surface area (Å²) in [4.78, 5) is 12.4. The van der Waals surface area contributed by atoms with E-state index in [-0.39, 0.29) is 22.3 Å². The first kappa shape index (κ1) is 17.1. The van der Waals surface area contributed by atoms with E-state index in [4.69, 9.17) is 4.42 Å². The lowest BCUT2D eigenvalue weighted by molar-refractivity contribution is -0.137. The molecule has 1 atom stereocenters. The summed E-state index contributed by atoms with van der Waals surface area (Å²) >= 11 is 0. The average Bonchev–Trinajstić information content (AvgIpc) is 2.58. The maximum absolute atomic E-state index is 12.8. The van der Waals surface area contributed by atoms with Crippen LogP contribution in [0, 0.1) is 0 Å². The molecule has 1 unspecified atom stereocenters. The molecule has 0 amide bonds. The summed E-state index contributed by atoms with van der Waals surface area (Å²) in [6.45, 7) is 1.85. The molecule has 0 saturated heterocycles. The van der Waals surface area contributed by atoms with Crippen LogP contribution in [0.3, 0.4) is 0 Å². The van der Waals surface area contributed by atoms with Crippen molar-refractivity contribution in [3.63, 3.8) is 0 Å². The van der Waals surface area contributed by atoms with Crippen molar-refractivity contribution in [1.82, 2.24) is 0 Å². The summed E-state index contributed by atoms with van der Waals surface area (Å²) in [6, 6.07) is 11.8. The number of hydrogen-bond donors (Lipinski definition) is 1. The van der Waals surface area contributed by atoms with E-state index in [1.807, 2.05) is 37.3 Å². The van der Waals surface area contributed by atoms with Crippen LogP contribution in [-0.2, 0) is 6.18 Å². The molecule has 2 aromatic carbocycles. The molecule has 1 N–H and O–H groups in total. The monoisotopic (exact) mass is 348 g/mol. The van der Waals surface area contributed by atoms with Gasteiger partial charge < -0.3 is 9.52 Å². The third-order valence-electron chi connectivity index (χ3n) is 4.20. The van der Waals surface area contributed by atoms with E-state index in [2.05, 4.69) is 0 Å². The van der Waals surface area contributed by atoms with Crippen molar-refractivity contribution in [3.8, 4) is 5.75 Å². The molecule has 3 nitrogen and oxygen atoms in total. The third-order valence-corrected chi connectivity index (χ3v) is 4.20. The van der Waals surface area contributed by atoms with Gasteiger partial charge in [-0.05, 0) is 30.2 Å². The van der Waals surface area contributed by atoms with Crippen LogP contribution < -0.4 is 5.63 Å². The summed E-state index contributed by atoms with van der Waals surface area (Å²) in [5.41, 5.74) is -1.19. The Hall–Kier alpha value is -2.76. The van der Waals surface area contributed by atoms with Crippen molar-refractivity contribution in [2.75, 3.05) is 0 Å². The number of benzene rings is 2. The van der Waals surface area contributed by atoms with Gasteiger partial charge in [0.05, 0.1) is 16.5 Å². The zero-order valence-corrected chi connectivity index (χ0v) is 13.3. The fraction of sp³-hybridized carbons (Fsp3) is 0.211. The highest BCUT2D eigenvalue weighted by molar-refractivity contribution is 5.85. The Morgan fingerprint density at radius 2 is 1.80 bits per heavy atom. The molecule has 130 valence electrons. The number of aromatic hydroxyl groups is 1. The van der Waals surface area contributed by atoms with E-state index in [0.29, 0.717) is 6.42 Å². The Kier molecular flexibility index (Phi) is 4.29. The largest absolute Gasteiger partial charge is 0.507 e. The fourth-order valence-corrected chi connectivity index (χ4v) is 2.97. The maximum atomic E-state index is 12.8. The summed E-state index contributed by atoms with van der Waals surface area (Å²) in [5, 5.41) is 10.6. The normalized spacial score (nSPS) is 13.1. The number of halogens is 3. The van der Waals surface area contributed by atoms with Crippen LogP contribution in [0.5, 0.6) is 5.75 Å². The molecular weight excluding hydrogens is 333 g/mol. The van der Waals surface area contributed by atoms with E-state index in [1.165, 1.54) is 0 Å². The van der Waals surface area contributed by atoms with Gasteiger partial charge in [-0.3, -0.25) is 0 Å². The minimum atomic E-state index is -4.56. The zero-order chi connectivity index (χ0) is 18.2. The molecule has 1 heterocycles. The summed E-state index contributed by atoms with van der Waals surface area (Å²) < 4.78 is 43.6. The van der Waals surface area contributed by atoms with Crippen LogP contribution in [0.4, 0.5) is 13.2 Å². The fourth-order valence-electron chi connectivity index (χ4n) is 2.97. The van der Waals surface area contributed by atoms with Gasteiger partial charge in [-0.2, -0.15) is 13.2 Å². The Morgan fingerprint density at radius 1 is 1.12 bits per heavy atom. The highest BCUT2D eigenvalue weighted by atomic mass is 19.4. The van der Waals surface area contributed by atoms with Crippen LogP contribution in [0.2, 0.25) is 0 Å². The molecule has 0 aliphatic rings. The minimum Gasteiger partial charge on any atom is -0.507 e. The van der Waals surface area contributed by atoms with Crippen LogP contribution in [0.1, 0.15) is 36.0 Å². The number of fused-ring (bicyclic) bond motifs is 1. The molecule has 0 aliphatic heterocycles. The van der Waals surface area contributed by atoms with Crippen LogP contribution in [0.15, 0.2) is 57.7 Å². The van der Waals surface area contributed by atoms with Gasteiger partial charge in [-0.25, -0.2) is 4.79 Å². The summed E-state index contributed by atoms with van der Waals surface area (Å²) in [6.07, 6.45) is -4.04. The Morgan fingerprint density at radius 3 is 2.40 bits per heavy atom. The van der Waals surface area contributed by atoms with Crippen molar-refractivity contribution in [1.29, 1.82) is 0 Å². The van der Waals surface area contributed by atoms with Crippen molar-refractivity contribution in [2.24, 2.45) is 0 Å². The first-order valence-corrected chi connectivity index (χ1v) is 7.74. The zero-order valence-electron chi connectivity index (χ0n) is 13.3. The predicted octanol–water partition coefficient (Wildman–Crippen LogP) is 5.06. The number of hydrogen-bond acceptors (Lipinski definition) is 3. The van der Waals surface area contributed by atoms with Gasteiger partial charge in [0.1, 0.15) is 11.3 Å². The molecule has 0 bridgehead atoms. The molecule has 25 heavy (non-hydrogen) atoms. The van der Waals surface area contributed by atoms with Gasteiger partial charge in [0.25, 0.3) is 0 Å². The predicted molar refractivity (Wildman–Crippen MR) is 87.7 cm³/mol. The van der Waals surface area contributed by atoms with Gasteiger partial charge >= 0.3 is 11.8 Å². The molecule has 0 aliphatic carbocycles. The van der Waals surface area contributed by atoms with E-state index < -0.39 is 23.3 Å². The third kappa shape index (κ3) is 3.12. The Balaban J connectivity index is 2.22. The van der Waals surface area contributed by atoms with E-state index in [1.54, 1.807) is 0 Å². The van der Waals surface area contributed by atoms with Gasteiger partial charge in [0.2, 0.25) is 0 Å². The highest BCUT2D eigenvalue weighted by Gasteiger charge is 2.31. The molecule has 0 radical (unpaired) electrons. The summed E-state index contributed by atoms with van der Waals surface area (Å²) in [5.74, 6) is -0.750. The Labute approximate surface area is 141 Å². The van der Waals surface area contributed by atoms with Gasteiger partial charge in [-0.15, -0.1) is 0 Å². The molecule has 6 heteroatoms. The first-order chi connectivity index (χ1) is 11.8. The first-order valence-electron chi connectivity index (χ1n) is 7.74. The SMILES string of the molecule is CCC(c1ccccc1)c1c(O)c2ccc(C(F)(F)F)cc2oc1=O. The topological polar surface area (TPSA) is 50.4 Å². The van der Waals surface area contributed by atoms with Crippen LogP contribution >= 0.6 is 0 Å².